The molecule has 9 heavy (non-hydrogen) atoms. The second kappa shape index (κ2) is 2.43. The van der Waals surface area contributed by atoms with Gasteiger partial charge in [0, 0.05) is 0 Å². The standard InChI is InChI=1S/H3O7PSe/c1-8(2,3)7-9(4,5)6/h(H2,1,2,3)(H,4,5,6). The molecular weight excluding hydrogens is 222 g/mol. The van der Waals surface area contributed by atoms with Crippen molar-refractivity contribution < 1.29 is 29.8 Å². The average Bonchev–Trinajstić information content (AvgIpc) is 1.14. The van der Waals surface area contributed by atoms with Gasteiger partial charge in [0.1, 0.15) is 0 Å². The summed E-state index contributed by atoms with van der Waals surface area (Å²) in [5.74, 6) is 0. The van der Waals surface area contributed by atoms with Crippen molar-refractivity contribution in [3.05, 3.63) is 0 Å². The monoisotopic (exact) mass is 226 g/mol. The molecule has 0 bridgehead atoms. The van der Waals surface area contributed by atoms with E-state index in [1.54, 1.807) is 0 Å². The number of hydrogen-bond donors (Lipinski definition) is 3. The Balaban J connectivity index is 4.26. The van der Waals surface area contributed by atoms with Crippen LogP contribution in [0.3, 0.4) is 0 Å². The van der Waals surface area contributed by atoms with Crippen LogP contribution < -0.4 is 0 Å². The van der Waals surface area contributed by atoms with Crippen LogP contribution in [0.25, 0.3) is 0 Å². The topological polar surface area (TPSA) is 121 Å². The first-order valence-corrected chi connectivity index (χ1v) is 5.84. The molecule has 0 saturated carbocycles. The molecule has 0 aliphatic carbocycles. The van der Waals surface area contributed by atoms with Gasteiger partial charge >= 0.3 is 51.0 Å². The zero-order valence-electron chi connectivity index (χ0n) is 3.83. The molecule has 0 aromatic rings. The molecule has 9 heteroatoms. The zero-order chi connectivity index (χ0) is 7.71. The zero-order valence-corrected chi connectivity index (χ0v) is 6.44. The summed E-state index contributed by atoms with van der Waals surface area (Å²) in [6.07, 6.45) is 0. The fourth-order valence-corrected chi connectivity index (χ4v) is 1.91. The predicted molar refractivity (Wildman–Crippen MR) is 22.5 cm³/mol. The van der Waals surface area contributed by atoms with Crippen LogP contribution in [0.4, 0.5) is 0 Å². The van der Waals surface area contributed by atoms with Gasteiger partial charge in [-0.25, -0.2) is 0 Å². The summed E-state index contributed by atoms with van der Waals surface area (Å²) in [4.78, 5) is 15.4. The third-order valence-corrected chi connectivity index (χ3v) is 2.98. The minimum atomic E-state index is -5.72. The van der Waals surface area contributed by atoms with E-state index in [0.29, 0.717) is 0 Å². The van der Waals surface area contributed by atoms with Gasteiger partial charge in [-0.3, -0.25) is 0 Å². The second-order valence-electron chi connectivity index (χ2n) is 0.993. The molecule has 0 aromatic heterocycles. The first-order valence-electron chi connectivity index (χ1n) is 1.45. The van der Waals surface area contributed by atoms with Crippen LogP contribution in [0.15, 0.2) is 0 Å². The maximum absolute atomic E-state index is 9.60. The Morgan fingerprint density at radius 1 is 1.33 bits per heavy atom. The first kappa shape index (κ1) is 9.19. The van der Waals surface area contributed by atoms with E-state index >= 15 is 0 Å². The van der Waals surface area contributed by atoms with E-state index in [0.717, 1.165) is 0 Å². The molecule has 0 spiro atoms. The van der Waals surface area contributed by atoms with Crippen LogP contribution in [0.5, 0.6) is 0 Å². The Bertz CT molecular complexity index is 215. The maximum atomic E-state index is 9.60. The van der Waals surface area contributed by atoms with Crippen molar-refractivity contribution in [1.82, 2.24) is 0 Å². The van der Waals surface area contributed by atoms with E-state index in [1.165, 1.54) is 0 Å². The number of rotatable bonds is 2. The van der Waals surface area contributed by atoms with Crippen molar-refractivity contribution in [3.8, 4) is 0 Å². The van der Waals surface area contributed by atoms with Crippen molar-refractivity contribution in [2.75, 3.05) is 0 Å². The van der Waals surface area contributed by atoms with Crippen LogP contribution in [0.2, 0.25) is 0 Å². The SMILES string of the molecule is O=P(O)(O)O[Se](=O)(=O)O. The van der Waals surface area contributed by atoms with Gasteiger partial charge in [0.25, 0.3) is 0 Å². The van der Waals surface area contributed by atoms with Gasteiger partial charge < -0.3 is 0 Å². The van der Waals surface area contributed by atoms with Crippen LogP contribution in [-0.4, -0.2) is 27.3 Å². The summed E-state index contributed by atoms with van der Waals surface area (Å²) in [6, 6.07) is 0. The van der Waals surface area contributed by atoms with Gasteiger partial charge in [-0.2, -0.15) is 0 Å². The number of hydrogen-bond acceptors (Lipinski definition) is 4. The third-order valence-electron chi connectivity index (χ3n) is 0.191. The van der Waals surface area contributed by atoms with Crippen LogP contribution in [-0.2, 0) is 15.8 Å². The molecule has 0 aliphatic rings. The van der Waals surface area contributed by atoms with Crippen LogP contribution >= 0.6 is 7.82 Å². The minimum absolute atomic E-state index is 2.89. The normalized spacial score (nSPS) is 13.7. The van der Waals surface area contributed by atoms with E-state index in [2.05, 4.69) is 3.61 Å². The molecule has 0 rings (SSSR count). The fraction of sp³-hybridized carbons (Fsp3) is 0. The summed E-state index contributed by atoms with van der Waals surface area (Å²) in [5.41, 5.74) is 0. The van der Waals surface area contributed by atoms with Gasteiger partial charge in [0.2, 0.25) is 0 Å². The molecule has 56 valence electrons. The molecule has 0 radical (unpaired) electrons. The van der Waals surface area contributed by atoms with E-state index < -0.39 is 21.2 Å². The number of phosphoric acid groups is 1. The molecule has 0 fully saturated rings. The van der Waals surface area contributed by atoms with Crippen LogP contribution in [0, 0.1) is 0 Å². The Morgan fingerprint density at radius 2 is 1.67 bits per heavy atom. The molecule has 0 aromatic carbocycles. The molecule has 0 unspecified atom stereocenters. The van der Waals surface area contributed by atoms with Crippen molar-refractivity contribution in [1.29, 1.82) is 0 Å². The van der Waals surface area contributed by atoms with Gasteiger partial charge in [0.05, 0.1) is 0 Å². The Kier molecular flexibility index (Phi) is 2.48. The van der Waals surface area contributed by atoms with Gasteiger partial charge in [-0.05, 0) is 0 Å². The van der Waals surface area contributed by atoms with E-state index in [-0.39, 0.29) is 0 Å². The molecule has 0 saturated heterocycles. The van der Waals surface area contributed by atoms with E-state index in [1.807, 2.05) is 0 Å². The van der Waals surface area contributed by atoms with Crippen molar-refractivity contribution in [2.45, 2.75) is 0 Å². The van der Waals surface area contributed by atoms with Crippen molar-refractivity contribution >= 4 is 21.2 Å². The summed E-state index contributed by atoms with van der Waals surface area (Å²) in [7, 11) is -5.09. The Labute approximate surface area is 51.8 Å². The molecular formula is H3O7PSe. The van der Waals surface area contributed by atoms with Gasteiger partial charge in [-0.15, -0.1) is 0 Å². The molecule has 7 nitrogen and oxygen atoms in total. The Hall–Kier alpha value is 0.189. The molecule has 3 N–H and O–H groups in total. The average molecular weight is 225 g/mol. The van der Waals surface area contributed by atoms with E-state index in [4.69, 9.17) is 14.0 Å². The molecule has 0 amide bonds. The molecule has 0 atom stereocenters. The van der Waals surface area contributed by atoms with Crippen molar-refractivity contribution in [2.24, 2.45) is 0 Å². The molecule has 0 aliphatic heterocycles. The summed E-state index contributed by atoms with van der Waals surface area (Å²) in [5, 5.41) is 0. The Morgan fingerprint density at radius 3 is 1.67 bits per heavy atom. The second-order valence-corrected chi connectivity index (χ2v) is 4.86. The van der Waals surface area contributed by atoms with E-state index in [9.17, 15) is 12.2 Å². The fourth-order valence-electron chi connectivity index (χ4n) is 0.123. The summed E-state index contributed by atoms with van der Waals surface area (Å²) in [6.45, 7) is 0. The van der Waals surface area contributed by atoms with Crippen LogP contribution in [0.1, 0.15) is 0 Å². The van der Waals surface area contributed by atoms with Gasteiger partial charge in [0.15, 0.2) is 0 Å². The quantitative estimate of drug-likeness (QED) is 0.381. The first-order chi connectivity index (χ1) is 3.71. The third kappa shape index (κ3) is 8.19. The van der Waals surface area contributed by atoms with Crippen molar-refractivity contribution in [3.63, 3.8) is 0 Å². The summed E-state index contributed by atoms with van der Waals surface area (Å²) >= 11 is -5.72. The molecule has 0 heterocycles. The summed E-state index contributed by atoms with van der Waals surface area (Å²) < 4.78 is 39.3. The predicted octanol–water partition coefficient (Wildman–Crippen LogP) is -1.62. The van der Waals surface area contributed by atoms with Gasteiger partial charge in [-0.1, -0.05) is 0 Å².